The second-order valence-electron chi connectivity index (χ2n) is 5.67. The first-order valence-electron chi connectivity index (χ1n) is 7.66. The van der Waals surface area contributed by atoms with E-state index in [1.54, 1.807) is 0 Å². The number of rotatable bonds is 7. The van der Waals surface area contributed by atoms with Crippen molar-refractivity contribution in [3.05, 3.63) is 41.4 Å². The maximum atomic E-state index is 6.34. The van der Waals surface area contributed by atoms with Crippen molar-refractivity contribution in [2.75, 3.05) is 13.1 Å². The van der Waals surface area contributed by atoms with Crippen LogP contribution in [-0.4, -0.2) is 18.7 Å². The van der Waals surface area contributed by atoms with E-state index in [1.165, 1.54) is 0 Å². The Morgan fingerprint density at radius 2 is 1.81 bits per heavy atom. The number of ether oxygens (including phenoxy) is 1. The molecule has 1 N–H and O–H groups in total. The van der Waals surface area contributed by atoms with Gasteiger partial charge < -0.3 is 10.1 Å². The summed E-state index contributed by atoms with van der Waals surface area (Å²) in [5, 5.41) is 6.33. The minimum atomic E-state index is -0.216. The molecule has 2 rings (SSSR count). The molecule has 21 heavy (non-hydrogen) atoms. The van der Waals surface area contributed by atoms with E-state index in [2.05, 4.69) is 32.2 Å². The SMILES string of the molecule is CCCNCC(C)(CC)Oc1ccc(Cl)c2ccccc12. The first-order chi connectivity index (χ1) is 10.1. The van der Waals surface area contributed by atoms with Gasteiger partial charge in [0.1, 0.15) is 11.4 Å². The fourth-order valence-corrected chi connectivity index (χ4v) is 2.58. The van der Waals surface area contributed by atoms with Gasteiger partial charge in [0.2, 0.25) is 0 Å². The molecular weight excluding hydrogens is 282 g/mol. The zero-order chi connectivity index (χ0) is 15.3. The van der Waals surface area contributed by atoms with E-state index in [9.17, 15) is 0 Å². The molecule has 0 saturated carbocycles. The highest BCUT2D eigenvalue weighted by Gasteiger charge is 2.24. The summed E-state index contributed by atoms with van der Waals surface area (Å²) >= 11 is 6.27. The smallest absolute Gasteiger partial charge is 0.128 e. The Morgan fingerprint density at radius 3 is 2.48 bits per heavy atom. The molecule has 0 aliphatic rings. The van der Waals surface area contributed by atoms with E-state index >= 15 is 0 Å². The van der Waals surface area contributed by atoms with Gasteiger partial charge in [-0.05, 0) is 38.4 Å². The topological polar surface area (TPSA) is 21.3 Å². The van der Waals surface area contributed by atoms with Crippen LogP contribution in [0.1, 0.15) is 33.6 Å². The van der Waals surface area contributed by atoms with Crippen LogP contribution in [-0.2, 0) is 0 Å². The summed E-state index contributed by atoms with van der Waals surface area (Å²) in [5.74, 6) is 0.901. The fourth-order valence-electron chi connectivity index (χ4n) is 2.35. The van der Waals surface area contributed by atoms with Gasteiger partial charge in [0.15, 0.2) is 0 Å². The largest absolute Gasteiger partial charge is 0.486 e. The fraction of sp³-hybridized carbons (Fsp3) is 0.444. The minimum Gasteiger partial charge on any atom is -0.486 e. The maximum absolute atomic E-state index is 6.34. The zero-order valence-electron chi connectivity index (χ0n) is 13.1. The van der Waals surface area contributed by atoms with Crippen LogP contribution < -0.4 is 10.1 Å². The van der Waals surface area contributed by atoms with Gasteiger partial charge in [-0.25, -0.2) is 0 Å². The summed E-state index contributed by atoms with van der Waals surface area (Å²) in [6.07, 6.45) is 2.07. The Hall–Kier alpha value is -1.25. The predicted octanol–water partition coefficient (Wildman–Crippen LogP) is 5.04. The summed E-state index contributed by atoms with van der Waals surface area (Å²) in [6.45, 7) is 8.34. The van der Waals surface area contributed by atoms with Crippen molar-refractivity contribution < 1.29 is 4.74 Å². The highest BCUT2D eigenvalue weighted by Crippen LogP contribution is 2.33. The van der Waals surface area contributed by atoms with E-state index < -0.39 is 0 Å². The van der Waals surface area contributed by atoms with E-state index in [4.69, 9.17) is 16.3 Å². The molecule has 1 atom stereocenters. The van der Waals surface area contributed by atoms with Crippen LogP contribution in [0.4, 0.5) is 0 Å². The van der Waals surface area contributed by atoms with Crippen molar-refractivity contribution in [3.63, 3.8) is 0 Å². The molecule has 0 aliphatic heterocycles. The van der Waals surface area contributed by atoms with Gasteiger partial charge in [-0.3, -0.25) is 0 Å². The van der Waals surface area contributed by atoms with Crippen LogP contribution in [0.15, 0.2) is 36.4 Å². The minimum absolute atomic E-state index is 0.216. The maximum Gasteiger partial charge on any atom is 0.128 e. The number of fused-ring (bicyclic) bond motifs is 1. The Balaban J connectivity index is 2.27. The molecule has 0 fully saturated rings. The third kappa shape index (κ3) is 3.90. The first kappa shape index (κ1) is 16.1. The number of halogens is 1. The van der Waals surface area contributed by atoms with Gasteiger partial charge in [-0.1, -0.05) is 49.7 Å². The van der Waals surface area contributed by atoms with E-state index in [0.717, 1.165) is 47.5 Å². The Labute approximate surface area is 132 Å². The Kier molecular flexibility index (Phi) is 5.49. The van der Waals surface area contributed by atoms with E-state index in [0.29, 0.717) is 0 Å². The summed E-state index contributed by atoms with van der Waals surface area (Å²) in [4.78, 5) is 0. The average Bonchev–Trinajstić information content (AvgIpc) is 2.51. The van der Waals surface area contributed by atoms with Crippen molar-refractivity contribution in [2.24, 2.45) is 0 Å². The third-order valence-electron chi connectivity index (χ3n) is 3.86. The summed E-state index contributed by atoms with van der Waals surface area (Å²) in [5.41, 5.74) is -0.216. The molecule has 2 aromatic rings. The lowest BCUT2D eigenvalue weighted by Gasteiger charge is -2.30. The molecule has 2 nitrogen and oxygen atoms in total. The molecule has 0 bridgehead atoms. The normalized spacial score (nSPS) is 14.1. The standard InChI is InChI=1S/C18H24ClNO/c1-4-12-20-13-18(3,5-2)21-17-11-10-16(19)14-8-6-7-9-15(14)17/h6-11,20H,4-5,12-13H2,1-3H3. The molecule has 0 radical (unpaired) electrons. The number of benzene rings is 2. The summed E-state index contributed by atoms with van der Waals surface area (Å²) in [7, 11) is 0. The molecule has 1 unspecified atom stereocenters. The van der Waals surface area contributed by atoms with E-state index in [-0.39, 0.29) is 5.60 Å². The third-order valence-corrected chi connectivity index (χ3v) is 4.19. The second-order valence-corrected chi connectivity index (χ2v) is 6.08. The highest BCUT2D eigenvalue weighted by molar-refractivity contribution is 6.35. The lowest BCUT2D eigenvalue weighted by atomic mass is 10.0. The number of hydrogen-bond donors (Lipinski definition) is 1. The molecule has 114 valence electrons. The van der Waals surface area contributed by atoms with Crippen molar-refractivity contribution in [1.29, 1.82) is 0 Å². The molecule has 3 heteroatoms. The molecule has 2 aromatic carbocycles. The Bertz CT molecular complexity index is 599. The van der Waals surface area contributed by atoms with Crippen molar-refractivity contribution in [3.8, 4) is 5.75 Å². The zero-order valence-corrected chi connectivity index (χ0v) is 13.8. The first-order valence-corrected chi connectivity index (χ1v) is 8.04. The molecule has 0 spiro atoms. The molecule has 0 aromatic heterocycles. The van der Waals surface area contributed by atoms with Crippen LogP contribution in [0.3, 0.4) is 0 Å². The van der Waals surface area contributed by atoms with Crippen LogP contribution in [0, 0.1) is 0 Å². The molecule has 0 aliphatic carbocycles. The predicted molar refractivity (Wildman–Crippen MR) is 91.4 cm³/mol. The van der Waals surface area contributed by atoms with Gasteiger partial charge in [-0.2, -0.15) is 0 Å². The summed E-state index contributed by atoms with van der Waals surface area (Å²) < 4.78 is 6.34. The Morgan fingerprint density at radius 1 is 1.10 bits per heavy atom. The van der Waals surface area contributed by atoms with Crippen LogP contribution in [0.2, 0.25) is 5.02 Å². The average molecular weight is 306 g/mol. The lowest BCUT2D eigenvalue weighted by molar-refractivity contribution is 0.0856. The van der Waals surface area contributed by atoms with Crippen molar-refractivity contribution in [2.45, 2.75) is 39.2 Å². The van der Waals surface area contributed by atoms with Gasteiger partial charge in [-0.15, -0.1) is 0 Å². The second kappa shape index (κ2) is 7.15. The summed E-state index contributed by atoms with van der Waals surface area (Å²) in [6, 6.07) is 12.0. The number of nitrogens with one attached hydrogen (secondary N) is 1. The monoisotopic (exact) mass is 305 g/mol. The van der Waals surface area contributed by atoms with Gasteiger partial charge in [0.05, 0.1) is 0 Å². The van der Waals surface area contributed by atoms with E-state index in [1.807, 2.05) is 30.3 Å². The highest BCUT2D eigenvalue weighted by atomic mass is 35.5. The van der Waals surface area contributed by atoms with Gasteiger partial charge in [0, 0.05) is 22.3 Å². The van der Waals surface area contributed by atoms with Crippen LogP contribution in [0.25, 0.3) is 10.8 Å². The van der Waals surface area contributed by atoms with Gasteiger partial charge >= 0.3 is 0 Å². The van der Waals surface area contributed by atoms with Crippen molar-refractivity contribution in [1.82, 2.24) is 5.32 Å². The van der Waals surface area contributed by atoms with Crippen molar-refractivity contribution >= 4 is 22.4 Å². The number of hydrogen-bond acceptors (Lipinski definition) is 2. The quantitative estimate of drug-likeness (QED) is 0.724. The van der Waals surface area contributed by atoms with Crippen LogP contribution in [0.5, 0.6) is 5.75 Å². The lowest BCUT2D eigenvalue weighted by Crippen LogP contribution is -2.42. The molecule has 0 heterocycles. The van der Waals surface area contributed by atoms with Crippen LogP contribution >= 0.6 is 11.6 Å². The van der Waals surface area contributed by atoms with Gasteiger partial charge in [0.25, 0.3) is 0 Å². The molecule has 0 amide bonds. The molecular formula is C18H24ClNO. The molecule has 0 saturated heterocycles.